The molecule has 1 aromatic rings. The number of rotatable bonds is 4. The molecule has 0 amide bonds. The fraction of sp³-hybridized carbons (Fsp3) is 0.444. The van der Waals surface area contributed by atoms with E-state index in [4.69, 9.17) is 5.11 Å². The maximum atomic E-state index is 11.8. The van der Waals surface area contributed by atoms with Gasteiger partial charge < -0.3 is 5.11 Å². The van der Waals surface area contributed by atoms with Crippen molar-refractivity contribution in [2.24, 2.45) is 0 Å². The number of aromatic carboxylic acids is 1. The fourth-order valence-electron chi connectivity index (χ4n) is 1.32. The lowest BCUT2D eigenvalue weighted by Crippen LogP contribution is -2.25. The molecular formula is C9H11NO4S2. The van der Waals surface area contributed by atoms with Crippen molar-refractivity contribution < 1.29 is 18.3 Å². The Bertz CT molecular complexity index is 528. The number of aryl methyl sites for hydroxylation is 1. The largest absolute Gasteiger partial charge is 0.477 e. The quantitative estimate of drug-likeness (QED) is 0.853. The van der Waals surface area contributed by atoms with Crippen molar-refractivity contribution in [3.63, 3.8) is 0 Å². The molecule has 1 heterocycles. The first-order chi connectivity index (χ1) is 7.40. The Hall–Kier alpha value is -0.920. The second-order valence-corrected chi connectivity index (χ2v) is 6.67. The van der Waals surface area contributed by atoms with E-state index in [0.29, 0.717) is 4.88 Å². The van der Waals surface area contributed by atoms with Gasteiger partial charge in [-0.2, -0.15) is 0 Å². The van der Waals surface area contributed by atoms with Crippen LogP contribution in [0.25, 0.3) is 0 Å². The third-order valence-corrected chi connectivity index (χ3v) is 5.09. The van der Waals surface area contributed by atoms with Crippen LogP contribution in [0.15, 0.2) is 11.0 Å². The second-order valence-electron chi connectivity index (χ2n) is 3.73. The highest BCUT2D eigenvalue weighted by Gasteiger charge is 2.30. The highest BCUT2D eigenvalue weighted by molar-refractivity contribution is 7.89. The summed E-state index contributed by atoms with van der Waals surface area (Å²) >= 11 is 0.978. The summed E-state index contributed by atoms with van der Waals surface area (Å²) in [7, 11) is -3.54. The topological polar surface area (TPSA) is 83.5 Å². The predicted octanol–water partition coefficient (Wildman–Crippen LogP) is 1.20. The van der Waals surface area contributed by atoms with Crippen LogP contribution in [-0.4, -0.2) is 25.5 Å². The van der Waals surface area contributed by atoms with Gasteiger partial charge in [0.25, 0.3) is 0 Å². The number of sulfonamides is 1. The minimum Gasteiger partial charge on any atom is -0.477 e. The molecular weight excluding hydrogens is 250 g/mol. The third-order valence-electron chi connectivity index (χ3n) is 2.27. The molecule has 0 aliphatic heterocycles. The molecule has 2 N–H and O–H groups in total. The van der Waals surface area contributed by atoms with E-state index >= 15 is 0 Å². The second kappa shape index (κ2) is 3.83. The summed E-state index contributed by atoms with van der Waals surface area (Å²) < 4.78 is 26.2. The van der Waals surface area contributed by atoms with E-state index in [0.717, 1.165) is 24.2 Å². The van der Waals surface area contributed by atoms with Crippen LogP contribution in [-0.2, 0) is 10.0 Å². The Morgan fingerprint density at radius 3 is 2.62 bits per heavy atom. The van der Waals surface area contributed by atoms with Gasteiger partial charge in [-0.05, 0) is 25.8 Å². The van der Waals surface area contributed by atoms with E-state index in [2.05, 4.69) is 4.72 Å². The Labute approximate surface area is 97.2 Å². The molecule has 1 aliphatic carbocycles. The van der Waals surface area contributed by atoms with Gasteiger partial charge in [-0.3, -0.25) is 0 Å². The maximum Gasteiger partial charge on any atom is 0.345 e. The molecule has 1 saturated carbocycles. The molecule has 7 heteroatoms. The van der Waals surface area contributed by atoms with Crippen LogP contribution < -0.4 is 4.72 Å². The Kier molecular flexibility index (Phi) is 2.77. The Balaban J connectivity index is 2.34. The van der Waals surface area contributed by atoms with Gasteiger partial charge in [-0.1, -0.05) is 0 Å². The van der Waals surface area contributed by atoms with Gasteiger partial charge in [-0.15, -0.1) is 11.3 Å². The smallest absolute Gasteiger partial charge is 0.345 e. The van der Waals surface area contributed by atoms with Crippen LogP contribution in [0.5, 0.6) is 0 Å². The number of hydrogen-bond donors (Lipinski definition) is 2. The SMILES string of the molecule is Cc1sc(C(=O)O)cc1S(=O)(=O)NC1CC1. The van der Waals surface area contributed by atoms with Crippen LogP contribution >= 0.6 is 11.3 Å². The fourth-order valence-corrected chi connectivity index (χ4v) is 4.06. The lowest BCUT2D eigenvalue weighted by Gasteiger charge is -2.03. The summed E-state index contributed by atoms with van der Waals surface area (Å²) in [6.07, 6.45) is 1.71. The highest BCUT2D eigenvalue weighted by atomic mass is 32.2. The third kappa shape index (κ3) is 2.26. The highest BCUT2D eigenvalue weighted by Crippen LogP contribution is 2.28. The zero-order chi connectivity index (χ0) is 11.9. The van der Waals surface area contributed by atoms with Crippen molar-refractivity contribution in [3.8, 4) is 0 Å². The first-order valence-corrected chi connectivity index (χ1v) is 7.06. The van der Waals surface area contributed by atoms with Crippen LogP contribution in [0.1, 0.15) is 27.4 Å². The lowest BCUT2D eigenvalue weighted by atomic mass is 10.4. The zero-order valence-electron chi connectivity index (χ0n) is 8.56. The number of thiophene rings is 1. The summed E-state index contributed by atoms with van der Waals surface area (Å²) in [6.45, 7) is 1.61. The molecule has 1 aliphatic rings. The van der Waals surface area contributed by atoms with E-state index in [-0.39, 0.29) is 15.8 Å². The average molecular weight is 261 g/mol. The van der Waals surface area contributed by atoms with Gasteiger partial charge in [0, 0.05) is 10.9 Å². The monoisotopic (exact) mass is 261 g/mol. The number of carboxylic acid groups (broad SMARTS) is 1. The van der Waals surface area contributed by atoms with Crippen molar-refractivity contribution in [2.45, 2.75) is 30.7 Å². The molecule has 1 fully saturated rings. The molecule has 1 aromatic heterocycles. The molecule has 0 bridgehead atoms. The molecule has 0 saturated heterocycles. The molecule has 0 aromatic carbocycles. The summed E-state index contributed by atoms with van der Waals surface area (Å²) in [5, 5.41) is 8.78. The standard InChI is InChI=1S/C9H11NO4S2/c1-5-8(4-7(15-5)9(11)12)16(13,14)10-6-2-3-6/h4,6,10H,2-3H2,1H3,(H,11,12). The van der Waals surface area contributed by atoms with Crippen LogP contribution in [0.2, 0.25) is 0 Å². The lowest BCUT2D eigenvalue weighted by molar-refractivity contribution is 0.0702. The van der Waals surface area contributed by atoms with Crippen LogP contribution in [0.4, 0.5) is 0 Å². The Morgan fingerprint density at radius 2 is 2.19 bits per heavy atom. The van der Waals surface area contributed by atoms with Crippen molar-refractivity contribution in [1.82, 2.24) is 4.72 Å². The summed E-state index contributed by atoms with van der Waals surface area (Å²) in [5.41, 5.74) is 0. The number of nitrogens with one attached hydrogen (secondary N) is 1. The molecule has 88 valence electrons. The van der Waals surface area contributed by atoms with Crippen molar-refractivity contribution in [1.29, 1.82) is 0 Å². The molecule has 16 heavy (non-hydrogen) atoms. The predicted molar refractivity (Wildman–Crippen MR) is 59.4 cm³/mol. The van der Waals surface area contributed by atoms with Gasteiger partial charge in [0.2, 0.25) is 10.0 Å². The van der Waals surface area contributed by atoms with E-state index in [1.54, 1.807) is 6.92 Å². The minimum atomic E-state index is -3.54. The van der Waals surface area contributed by atoms with Crippen molar-refractivity contribution in [3.05, 3.63) is 15.8 Å². The van der Waals surface area contributed by atoms with Gasteiger partial charge >= 0.3 is 5.97 Å². The first kappa shape index (κ1) is 11.6. The van der Waals surface area contributed by atoms with Crippen LogP contribution in [0, 0.1) is 6.92 Å². The van der Waals surface area contributed by atoms with E-state index in [9.17, 15) is 13.2 Å². The minimum absolute atomic E-state index is 0.0255. The van der Waals surface area contributed by atoms with Gasteiger partial charge in [0.15, 0.2) is 0 Å². The van der Waals surface area contributed by atoms with Crippen molar-refractivity contribution >= 4 is 27.3 Å². The molecule has 5 nitrogen and oxygen atoms in total. The average Bonchev–Trinajstić information content (AvgIpc) is 2.84. The van der Waals surface area contributed by atoms with E-state index < -0.39 is 16.0 Å². The zero-order valence-corrected chi connectivity index (χ0v) is 10.2. The van der Waals surface area contributed by atoms with Gasteiger partial charge in [-0.25, -0.2) is 17.9 Å². The molecule has 0 spiro atoms. The normalized spacial score (nSPS) is 16.3. The number of carboxylic acids is 1. The van der Waals surface area contributed by atoms with Crippen molar-refractivity contribution in [2.75, 3.05) is 0 Å². The van der Waals surface area contributed by atoms with Gasteiger partial charge in [0.05, 0.1) is 4.90 Å². The van der Waals surface area contributed by atoms with E-state index in [1.165, 1.54) is 6.07 Å². The molecule has 0 unspecified atom stereocenters. The van der Waals surface area contributed by atoms with Gasteiger partial charge in [0.1, 0.15) is 4.88 Å². The molecule has 2 rings (SSSR count). The molecule has 0 atom stereocenters. The summed E-state index contributed by atoms with van der Waals surface area (Å²) in [4.78, 5) is 11.4. The van der Waals surface area contributed by atoms with Crippen LogP contribution in [0.3, 0.4) is 0 Å². The number of hydrogen-bond acceptors (Lipinski definition) is 4. The Morgan fingerprint density at radius 1 is 1.56 bits per heavy atom. The maximum absolute atomic E-state index is 11.8. The summed E-state index contributed by atoms with van der Waals surface area (Å²) in [5.74, 6) is -1.10. The number of carbonyl (C=O) groups is 1. The van der Waals surface area contributed by atoms with E-state index in [1.807, 2.05) is 0 Å². The molecule has 0 radical (unpaired) electrons. The summed E-state index contributed by atoms with van der Waals surface area (Å²) in [6, 6.07) is 1.24. The first-order valence-electron chi connectivity index (χ1n) is 4.76.